The minimum atomic E-state index is -2.84. The molecule has 0 aromatic rings. The summed E-state index contributed by atoms with van der Waals surface area (Å²) in [4.78, 5) is 35.1. The first-order chi connectivity index (χ1) is 17.7. The van der Waals surface area contributed by atoms with E-state index >= 15 is 0 Å². The maximum Gasteiger partial charge on any atom is 3.00 e. The van der Waals surface area contributed by atoms with E-state index in [9.17, 15) is 14.7 Å². The Kier molecular flexibility index (Phi) is 35.0. The Morgan fingerprint density at radius 3 is 0.775 bits per heavy atom. The molecule has 9 unspecified atom stereocenters. The average Bonchev–Trinajstić information content (AvgIpc) is 2.82. The molecule has 0 amide bonds. The first-order valence-electron chi connectivity index (χ1n) is 13.8. The summed E-state index contributed by atoms with van der Waals surface area (Å²) in [6.45, 7) is 23.9. The Morgan fingerprint density at radius 1 is 0.475 bits per heavy atom. The molecule has 9 atom stereocenters. The van der Waals surface area contributed by atoms with Crippen LogP contribution in [-0.2, 0) is 49.0 Å². The molecule has 0 fully saturated rings. The van der Waals surface area contributed by atoms with Crippen molar-refractivity contribution >= 4 is 112 Å². The van der Waals surface area contributed by atoms with Gasteiger partial charge < -0.3 is 28.3 Å². The van der Waals surface area contributed by atoms with E-state index in [1.807, 2.05) is 62.3 Å². The van der Waals surface area contributed by atoms with Gasteiger partial charge in [-0.3, -0.25) is 0 Å². The zero-order chi connectivity index (χ0) is 31.4. The van der Waals surface area contributed by atoms with E-state index in [0.29, 0.717) is 15.7 Å². The van der Waals surface area contributed by atoms with Gasteiger partial charge in [0.15, 0.2) is 0 Å². The zero-order valence-corrected chi connectivity index (χ0v) is 37.4. The van der Waals surface area contributed by atoms with Crippen LogP contribution in [0, 0.1) is 0 Å². The third-order valence-corrected chi connectivity index (χ3v) is 19.4. The van der Waals surface area contributed by atoms with Crippen molar-refractivity contribution in [2.45, 2.75) is 156 Å². The van der Waals surface area contributed by atoms with Crippen molar-refractivity contribution < 1.29 is 28.3 Å². The smallest absolute Gasteiger partial charge is 0.793 e. The van der Waals surface area contributed by atoms with Crippen LogP contribution >= 0.6 is 51.2 Å². The van der Waals surface area contributed by atoms with E-state index in [2.05, 4.69) is 20.8 Å². The van der Waals surface area contributed by atoms with Gasteiger partial charge in [-0.05, 0) is 59.3 Å². The minimum absolute atomic E-state index is 0. The van der Waals surface area contributed by atoms with E-state index in [4.69, 9.17) is 49.0 Å². The third kappa shape index (κ3) is 33.0. The first kappa shape index (κ1) is 50.5. The van der Waals surface area contributed by atoms with Crippen LogP contribution in [0.15, 0.2) is 0 Å². The molecule has 0 aliphatic carbocycles. The summed E-state index contributed by atoms with van der Waals surface area (Å²) in [5.74, 6) is 0. The Morgan fingerprint density at radius 2 is 0.650 bits per heavy atom. The monoisotopic (exact) mass is 838 g/mol. The summed E-state index contributed by atoms with van der Waals surface area (Å²) in [6, 6.07) is 0. The number of hydrogen-bond acceptors (Lipinski definition) is 12. The molecule has 0 spiro atoms. The summed E-state index contributed by atoms with van der Waals surface area (Å²) in [5.41, 5.74) is -8.51. The largest absolute Gasteiger partial charge is 3.00 e. The Labute approximate surface area is 293 Å². The molecule has 0 heterocycles. The molecule has 0 aromatic carbocycles. The van der Waals surface area contributed by atoms with Crippen molar-refractivity contribution in [1.29, 1.82) is 0 Å². The molecule has 0 N–H and O–H groups in total. The first-order valence-corrected chi connectivity index (χ1v) is 26.1. The fourth-order valence-electron chi connectivity index (χ4n) is 1.84. The molecule has 0 rings (SSSR count). The van der Waals surface area contributed by atoms with Crippen LogP contribution < -0.4 is 14.7 Å². The molecular formula is C24H54InO6P3S6. The van der Waals surface area contributed by atoms with Crippen LogP contribution in [-0.4, -0.2) is 59.9 Å². The van der Waals surface area contributed by atoms with E-state index in [0.717, 1.165) is 38.5 Å². The normalized spacial score (nSPS) is 20.2. The number of rotatable bonds is 18. The van der Waals surface area contributed by atoms with Crippen molar-refractivity contribution in [2.75, 3.05) is 0 Å². The van der Waals surface area contributed by atoms with E-state index in [-0.39, 0.29) is 44.2 Å². The quantitative estimate of drug-likeness (QED) is 0.124. The maximum absolute atomic E-state index is 11.7. The number of hydrogen-bond donors (Lipinski definition) is 0. The van der Waals surface area contributed by atoms with Crippen molar-refractivity contribution in [3.63, 3.8) is 0 Å². The second-order valence-corrected chi connectivity index (χ2v) is 28.3. The summed E-state index contributed by atoms with van der Waals surface area (Å²) >= 11 is 18.7. The second kappa shape index (κ2) is 27.7. The van der Waals surface area contributed by atoms with Crippen molar-refractivity contribution in [3.05, 3.63) is 0 Å². The molecule has 6 nitrogen and oxygen atoms in total. The molecule has 0 saturated heterocycles. The summed E-state index contributed by atoms with van der Waals surface area (Å²) < 4.78 is 15.9. The van der Waals surface area contributed by atoms with Gasteiger partial charge in [-0.15, -0.1) is 34.1 Å². The van der Waals surface area contributed by atoms with Crippen LogP contribution in [0.5, 0.6) is 0 Å². The zero-order valence-electron chi connectivity index (χ0n) is 26.5. The summed E-state index contributed by atoms with van der Waals surface area (Å²) in [5, 5.41) is 0.937. The topological polar surface area (TPSA) is 96.9 Å². The van der Waals surface area contributed by atoms with Crippen LogP contribution in [0.1, 0.15) is 122 Å². The summed E-state index contributed by atoms with van der Waals surface area (Å²) in [7, 11) is 0. The van der Waals surface area contributed by atoms with Gasteiger partial charge in [-0.2, -0.15) is 0 Å². The van der Waals surface area contributed by atoms with Crippen LogP contribution in [0.3, 0.4) is 0 Å². The molecule has 0 bridgehead atoms. The van der Waals surface area contributed by atoms with Gasteiger partial charge in [0.25, 0.3) is 0 Å². The minimum Gasteiger partial charge on any atom is -0.793 e. The van der Waals surface area contributed by atoms with Crippen LogP contribution in [0.4, 0.5) is 0 Å². The van der Waals surface area contributed by atoms with Gasteiger partial charge in [-0.25, -0.2) is 0 Å². The van der Waals surface area contributed by atoms with Gasteiger partial charge >= 0.3 is 25.8 Å². The Bertz CT molecular complexity index is 615. The van der Waals surface area contributed by atoms with Gasteiger partial charge in [0.2, 0.25) is 0 Å². The molecule has 0 aliphatic heterocycles. The molecular weight excluding hydrogens is 784 g/mol. The fraction of sp³-hybridized carbons (Fsp3) is 1.00. The van der Waals surface area contributed by atoms with Crippen molar-refractivity contribution in [1.82, 2.24) is 0 Å². The second-order valence-electron chi connectivity index (χ2n) is 9.29. The van der Waals surface area contributed by atoms with Gasteiger partial charge in [0.05, 0.1) is 18.3 Å². The Hall–Kier alpha value is 3.63. The molecule has 40 heavy (non-hydrogen) atoms. The predicted octanol–water partition coefficient (Wildman–Crippen LogP) is 8.37. The van der Waals surface area contributed by atoms with E-state index in [1.165, 1.54) is 34.1 Å². The standard InChI is InChI=1S/3C8H19O2PS2.In/c3*1-5-7(3)10-11(9,12)13-8(4)6-2;/h3*7-8H,5-6H2,1-4H3,(H,9,12);/q;;;+3/p-3. The van der Waals surface area contributed by atoms with Crippen LogP contribution in [0.2, 0.25) is 0 Å². The summed E-state index contributed by atoms with van der Waals surface area (Å²) in [6.07, 6.45) is 5.45. The molecule has 0 radical (unpaired) electrons. The average molecular weight is 839 g/mol. The van der Waals surface area contributed by atoms with Crippen LogP contribution in [0.25, 0.3) is 0 Å². The van der Waals surface area contributed by atoms with E-state index < -0.39 is 17.1 Å². The molecule has 16 heteroatoms. The fourth-order valence-corrected chi connectivity index (χ4v) is 17.9. The van der Waals surface area contributed by atoms with Gasteiger partial charge in [0.1, 0.15) is 0 Å². The van der Waals surface area contributed by atoms with E-state index in [1.54, 1.807) is 0 Å². The Balaban J connectivity index is -0.000000240. The molecule has 0 aromatic heterocycles. The van der Waals surface area contributed by atoms with Gasteiger partial charge in [0, 0.05) is 32.8 Å². The predicted molar refractivity (Wildman–Crippen MR) is 193 cm³/mol. The van der Waals surface area contributed by atoms with Crippen molar-refractivity contribution in [3.8, 4) is 0 Å². The molecule has 240 valence electrons. The maximum atomic E-state index is 11.7. The SMILES string of the molecule is CCC(C)OP([O-])(=S)SC(C)CC.CCC(C)OP([O-])(=S)SC(C)CC.CCC(C)OP([O-])(=S)SC(C)CC.[In+3]. The van der Waals surface area contributed by atoms with Crippen molar-refractivity contribution in [2.24, 2.45) is 0 Å². The third-order valence-electron chi connectivity index (χ3n) is 5.30. The molecule has 0 saturated carbocycles. The molecule has 0 aliphatic rings. The van der Waals surface area contributed by atoms with Gasteiger partial charge in [-0.1, -0.05) is 97.7 Å².